The van der Waals surface area contributed by atoms with Gasteiger partial charge in [0, 0.05) is 6.66 Å². The average Bonchev–Trinajstić information content (AvgIpc) is 2.30. The summed E-state index contributed by atoms with van der Waals surface area (Å²) in [7, 11) is -2.98. The lowest BCUT2D eigenvalue weighted by Crippen LogP contribution is -2.16. The Morgan fingerprint density at radius 3 is 2.41 bits per heavy atom. The van der Waals surface area contributed by atoms with E-state index in [0.29, 0.717) is 5.75 Å². The maximum absolute atomic E-state index is 12.2. The van der Waals surface area contributed by atoms with Gasteiger partial charge in [-0.15, -0.1) is 0 Å². The van der Waals surface area contributed by atoms with E-state index in [9.17, 15) is 4.57 Å². The summed E-state index contributed by atoms with van der Waals surface area (Å²) in [5.74, 6) is 0.606. The van der Waals surface area contributed by atoms with E-state index in [4.69, 9.17) is 9.05 Å². The third-order valence-electron chi connectivity index (χ3n) is 2.91. The Morgan fingerprint density at radius 1 is 1.12 bits per heavy atom. The van der Waals surface area contributed by atoms with Crippen LogP contribution in [0, 0.1) is 0 Å². The van der Waals surface area contributed by atoms with Gasteiger partial charge in [0.15, 0.2) is 0 Å². The lowest BCUT2D eigenvalue weighted by molar-refractivity contribution is 0.140. The third kappa shape index (κ3) is 4.18. The summed E-state index contributed by atoms with van der Waals surface area (Å²) >= 11 is 0. The van der Waals surface area contributed by atoms with E-state index in [1.807, 2.05) is 18.2 Å². The van der Waals surface area contributed by atoms with Gasteiger partial charge < -0.3 is 4.52 Å². The van der Waals surface area contributed by atoms with Crippen LogP contribution < -0.4 is 4.52 Å². The van der Waals surface area contributed by atoms with Crippen LogP contribution in [0.25, 0.3) is 0 Å². The molecule has 0 heterocycles. The molecule has 1 fully saturated rings. The fourth-order valence-corrected chi connectivity index (χ4v) is 3.44. The molecule has 1 aliphatic carbocycles. The molecule has 0 saturated heterocycles. The Kier molecular flexibility index (Phi) is 4.25. The highest BCUT2D eigenvalue weighted by Gasteiger charge is 2.25. The molecular weight excluding hydrogens is 235 g/mol. The number of hydrogen-bond acceptors (Lipinski definition) is 3. The van der Waals surface area contributed by atoms with Crippen LogP contribution in [-0.4, -0.2) is 12.8 Å². The number of para-hydroxylation sites is 1. The molecule has 3 nitrogen and oxygen atoms in total. The minimum Gasteiger partial charge on any atom is -0.425 e. The summed E-state index contributed by atoms with van der Waals surface area (Å²) in [6, 6.07) is 9.20. The molecule has 1 unspecified atom stereocenters. The average molecular weight is 254 g/mol. The van der Waals surface area contributed by atoms with E-state index in [1.54, 1.807) is 18.8 Å². The first-order chi connectivity index (χ1) is 8.16. The monoisotopic (exact) mass is 254 g/mol. The third-order valence-corrected chi connectivity index (χ3v) is 4.13. The van der Waals surface area contributed by atoms with Gasteiger partial charge in [0.05, 0.1) is 6.10 Å². The highest BCUT2D eigenvalue weighted by atomic mass is 31.2. The molecule has 17 heavy (non-hydrogen) atoms. The van der Waals surface area contributed by atoms with Crippen molar-refractivity contribution in [2.24, 2.45) is 0 Å². The van der Waals surface area contributed by atoms with Crippen molar-refractivity contribution in [2.75, 3.05) is 6.66 Å². The molecule has 94 valence electrons. The van der Waals surface area contributed by atoms with Gasteiger partial charge >= 0.3 is 7.60 Å². The number of hydrogen-bond donors (Lipinski definition) is 0. The summed E-state index contributed by atoms with van der Waals surface area (Å²) in [6.45, 7) is 1.55. The predicted octanol–water partition coefficient (Wildman–Crippen LogP) is 4.24. The van der Waals surface area contributed by atoms with E-state index in [2.05, 4.69) is 0 Å². The molecule has 1 atom stereocenters. The van der Waals surface area contributed by atoms with Gasteiger partial charge in [-0.2, -0.15) is 0 Å². The van der Waals surface area contributed by atoms with Crippen molar-refractivity contribution in [3.05, 3.63) is 30.3 Å². The van der Waals surface area contributed by atoms with Crippen molar-refractivity contribution in [3.63, 3.8) is 0 Å². The lowest BCUT2D eigenvalue weighted by Gasteiger charge is -2.25. The van der Waals surface area contributed by atoms with Crippen molar-refractivity contribution in [1.29, 1.82) is 0 Å². The summed E-state index contributed by atoms with van der Waals surface area (Å²) in [5, 5.41) is 0. The van der Waals surface area contributed by atoms with Gasteiger partial charge in [-0.25, -0.2) is 4.57 Å². The predicted molar refractivity (Wildman–Crippen MR) is 68.6 cm³/mol. The molecule has 1 aromatic rings. The molecule has 0 aliphatic heterocycles. The Bertz CT molecular complexity index is 385. The Morgan fingerprint density at radius 2 is 1.76 bits per heavy atom. The summed E-state index contributed by atoms with van der Waals surface area (Å²) in [4.78, 5) is 0. The van der Waals surface area contributed by atoms with Gasteiger partial charge in [0.25, 0.3) is 0 Å². The Balaban J connectivity index is 1.92. The fraction of sp³-hybridized carbons (Fsp3) is 0.538. The maximum Gasteiger partial charge on any atom is 0.376 e. The van der Waals surface area contributed by atoms with Crippen LogP contribution in [0.15, 0.2) is 30.3 Å². The minimum absolute atomic E-state index is 0.100. The number of rotatable bonds is 4. The minimum atomic E-state index is -2.98. The number of benzene rings is 1. The van der Waals surface area contributed by atoms with Crippen LogP contribution in [0.5, 0.6) is 5.75 Å². The second kappa shape index (κ2) is 5.70. The van der Waals surface area contributed by atoms with Crippen LogP contribution in [0.1, 0.15) is 32.1 Å². The summed E-state index contributed by atoms with van der Waals surface area (Å²) in [5.41, 5.74) is 0. The molecule has 2 rings (SSSR count). The zero-order chi connectivity index (χ0) is 12.1. The summed E-state index contributed by atoms with van der Waals surface area (Å²) < 4.78 is 23.3. The summed E-state index contributed by atoms with van der Waals surface area (Å²) in [6.07, 6.45) is 5.68. The quantitative estimate of drug-likeness (QED) is 0.754. The van der Waals surface area contributed by atoms with E-state index >= 15 is 0 Å². The van der Waals surface area contributed by atoms with Crippen LogP contribution >= 0.6 is 7.60 Å². The first-order valence-corrected chi connectivity index (χ1v) is 8.15. The van der Waals surface area contributed by atoms with Crippen molar-refractivity contribution in [1.82, 2.24) is 0 Å². The van der Waals surface area contributed by atoms with Crippen molar-refractivity contribution < 1.29 is 13.6 Å². The highest BCUT2D eigenvalue weighted by molar-refractivity contribution is 7.53. The molecule has 0 aromatic heterocycles. The van der Waals surface area contributed by atoms with Gasteiger partial charge in [0.1, 0.15) is 5.75 Å². The maximum atomic E-state index is 12.2. The molecule has 0 amide bonds. The molecule has 0 radical (unpaired) electrons. The van der Waals surface area contributed by atoms with E-state index < -0.39 is 7.60 Å². The van der Waals surface area contributed by atoms with Gasteiger partial charge in [-0.3, -0.25) is 4.52 Å². The standard InChI is InChI=1S/C13H19O3P/c1-17(14,15-12-8-4-2-5-9-12)16-13-10-6-3-7-11-13/h2,4-5,8-9,13H,3,6-7,10-11H2,1H3. The van der Waals surface area contributed by atoms with Gasteiger partial charge in [0.2, 0.25) is 0 Å². The molecular formula is C13H19O3P. The van der Waals surface area contributed by atoms with E-state index in [-0.39, 0.29) is 6.10 Å². The molecule has 4 heteroatoms. The van der Waals surface area contributed by atoms with Crippen molar-refractivity contribution in [3.8, 4) is 5.75 Å². The Hall–Kier alpha value is -0.790. The normalized spacial score (nSPS) is 20.8. The smallest absolute Gasteiger partial charge is 0.376 e. The van der Waals surface area contributed by atoms with E-state index in [1.165, 1.54) is 6.42 Å². The molecule has 1 saturated carbocycles. The first kappa shape index (κ1) is 12.7. The Labute approximate surface area is 103 Å². The largest absolute Gasteiger partial charge is 0.425 e. The highest BCUT2D eigenvalue weighted by Crippen LogP contribution is 2.47. The van der Waals surface area contributed by atoms with Gasteiger partial charge in [-0.1, -0.05) is 37.5 Å². The van der Waals surface area contributed by atoms with Crippen molar-refractivity contribution >= 4 is 7.60 Å². The van der Waals surface area contributed by atoms with E-state index in [0.717, 1.165) is 25.7 Å². The lowest BCUT2D eigenvalue weighted by atomic mass is 9.98. The second-order valence-corrected chi connectivity index (χ2v) is 6.48. The molecule has 1 aliphatic rings. The zero-order valence-corrected chi connectivity index (χ0v) is 11.1. The van der Waals surface area contributed by atoms with Gasteiger partial charge in [-0.05, 0) is 25.0 Å². The molecule has 0 N–H and O–H groups in total. The SMILES string of the molecule is CP(=O)(Oc1ccccc1)OC1CCCCC1. The van der Waals surface area contributed by atoms with Crippen LogP contribution in [-0.2, 0) is 9.09 Å². The first-order valence-electron chi connectivity index (χ1n) is 6.16. The van der Waals surface area contributed by atoms with Crippen molar-refractivity contribution in [2.45, 2.75) is 38.2 Å². The topological polar surface area (TPSA) is 35.5 Å². The molecule has 1 aromatic carbocycles. The second-order valence-electron chi connectivity index (χ2n) is 4.54. The van der Waals surface area contributed by atoms with Crippen LogP contribution in [0.3, 0.4) is 0 Å². The molecule has 0 bridgehead atoms. The zero-order valence-electron chi connectivity index (χ0n) is 10.2. The molecule has 0 spiro atoms. The van der Waals surface area contributed by atoms with Crippen LogP contribution in [0.4, 0.5) is 0 Å². The fourth-order valence-electron chi connectivity index (χ4n) is 2.14. The van der Waals surface area contributed by atoms with Crippen LogP contribution in [0.2, 0.25) is 0 Å².